The van der Waals surface area contributed by atoms with Gasteiger partial charge in [-0.2, -0.15) is 0 Å². The van der Waals surface area contributed by atoms with Crippen LogP contribution in [0.15, 0.2) is 55.0 Å². The third-order valence-electron chi connectivity index (χ3n) is 6.08. The number of halogens is 3. The van der Waals surface area contributed by atoms with Gasteiger partial charge < -0.3 is 20.4 Å². The van der Waals surface area contributed by atoms with Crippen molar-refractivity contribution in [1.82, 2.24) is 24.8 Å². The molecule has 0 atom stereocenters. The summed E-state index contributed by atoms with van der Waals surface area (Å²) < 4.78 is 40.9. The zero-order chi connectivity index (χ0) is 24.6. The predicted octanol–water partition coefficient (Wildman–Crippen LogP) is 4.52. The van der Waals surface area contributed by atoms with E-state index in [9.17, 15) is 18.0 Å². The van der Waals surface area contributed by atoms with Crippen LogP contribution in [0.5, 0.6) is 5.75 Å². The number of ether oxygens (including phenoxy) is 1. The Kier molecular flexibility index (Phi) is 5.75. The molecule has 0 unspecified atom stereocenters. The number of benzene rings is 1. The number of nitrogens with two attached hydrogens (primary N) is 1. The molecule has 5 rings (SSSR count). The Morgan fingerprint density at radius 3 is 2.51 bits per heavy atom. The molecule has 1 aliphatic heterocycles. The summed E-state index contributed by atoms with van der Waals surface area (Å²) in [7, 11) is 0. The topological polar surface area (TPSA) is 110 Å². The standard InChI is InChI=1S/C24H21F3N6O2/c25-24(26,27)35-16-3-1-15(2-4-16)23(34)33-11-7-14(8-12-33)17-5-10-30-22-20(17)31-21(32-22)18-13-29-9-6-19(18)28/h1-6,9-10,13-14H,7-8,11-12H2,(H2,28,29)(H,30,31,32). The number of nitrogens with zero attached hydrogens (tertiary/aromatic N) is 4. The van der Waals surface area contributed by atoms with E-state index in [-0.39, 0.29) is 17.6 Å². The zero-order valence-electron chi connectivity index (χ0n) is 18.4. The summed E-state index contributed by atoms with van der Waals surface area (Å²) in [5.74, 6) is 0.183. The van der Waals surface area contributed by atoms with Crippen molar-refractivity contribution in [3.8, 4) is 17.1 Å². The van der Waals surface area contributed by atoms with Gasteiger partial charge in [0.2, 0.25) is 0 Å². The lowest BCUT2D eigenvalue weighted by Crippen LogP contribution is -2.38. The minimum Gasteiger partial charge on any atom is -0.406 e. The fourth-order valence-electron chi connectivity index (χ4n) is 4.37. The van der Waals surface area contributed by atoms with E-state index in [2.05, 4.69) is 19.7 Å². The first kappa shape index (κ1) is 22.6. The van der Waals surface area contributed by atoms with Gasteiger partial charge >= 0.3 is 6.36 Å². The monoisotopic (exact) mass is 482 g/mol. The fourth-order valence-corrected chi connectivity index (χ4v) is 4.37. The average molecular weight is 482 g/mol. The van der Waals surface area contributed by atoms with Gasteiger partial charge in [-0.05, 0) is 60.7 Å². The van der Waals surface area contributed by atoms with E-state index in [1.54, 1.807) is 29.6 Å². The van der Waals surface area contributed by atoms with Gasteiger partial charge in [0, 0.05) is 42.9 Å². The molecular formula is C24H21F3N6O2. The maximum atomic E-state index is 12.9. The molecule has 1 saturated heterocycles. The second-order valence-electron chi connectivity index (χ2n) is 8.28. The normalized spacial score (nSPS) is 14.9. The number of fused-ring (bicyclic) bond motifs is 1. The largest absolute Gasteiger partial charge is 0.573 e. The van der Waals surface area contributed by atoms with Crippen molar-refractivity contribution in [2.24, 2.45) is 0 Å². The highest BCUT2D eigenvalue weighted by Gasteiger charge is 2.31. The number of carbonyl (C=O) groups is 1. The molecule has 4 aromatic rings. The number of piperidine rings is 1. The summed E-state index contributed by atoms with van der Waals surface area (Å²) in [5, 5.41) is 0. The van der Waals surface area contributed by atoms with Crippen molar-refractivity contribution < 1.29 is 22.7 Å². The van der Waals surface area contributed by atoms with Crippen molar-refractivity contribution >= 4 is 22.8 Å². The number of amides is 1. The fraction of sp³-hybridized carbons (Fsp3) is 0.250. The number of H-pyrrole nitrogens is 1. The number of nitrogens with one attached hydrogen (secondary N) is 1. The molecule has 3 N–H and O–H groups in total. The van der Waals surface area contributed by atoms with Gasteiger partial charge in [0.1, 0.15) is 17.1 Å². The molecule has 0 saturated carbocycles. The highest BCUT2D eigenvalue weighted by atomic mass is 19.4. The van der Waals surface area contributed by atoms with E-state index in [1.807, 2.05) is 6.07 Å². The summed E-state index contributed by atoms with van der Waals surface area (Å²) in [6.07, 6.45) is 1.66. The Morgan fingerprint density at radius 2 is 1.83 bits per heavy atom. The number of imidazole rings is 1. The van der Waals surface area contributed by atoms with E-state index in [0.717, 1.165) is 36.1 Å². The smallest absolute Gasteiger partial charge is 0.406 e. The van der Waals surface area contributed by atoms with Crippen molar-refractivity contribution in [3.63, 3.8) is 0 Å². The van der Waals surface area contributed by atoms with Crippen molar-refractivity contribution in [2.45, 2.75) is 25.1 Å². The van der Waals surface area contributed by atoms with Gasteiger partial charge in [-0.1, -0.05) is 0 Å². The number of aromatic amines is 1. The van der Waals surface area contributed by atoms with Crippen LogP contribution in [-0.2, 0) is 0 Å². The molecule has 0 bridgehead atoms. The van der Waals surface area contributed by atoms with Crippen LogP contribution in [0, 0.1) is 0 Å². The van der Waals surface area contributed by atoms with Crippen LogP contribution in [0.3, 0.4) is 0 Å². The van der Waals surface area contributed by atoms with Crippen molar-refractivity contribution in [3.05, 3.63) is 66.1 Å². The molecule has 1 aliphatic rings. The summed E-state index contributed by atoms with van der Waals surface area (Å²) in [4.78, 5) is 31.0. The molecule has 8 nitrogen and oxygen atoms in total. The molecule has 0 spiro atoms. The third kappa shape index (κ3) is 4.75. The number of aromatic nitrogens is 4. The van der Waals surface area contributed by atoms with Gasteiger partial charge in [-0.25, -0.2) is 9.97 Å². The number of anilines is 1. The summed E-state index contributed by atoms with van der Waals surface area (Å²) in [6, 6.07) is 8.63. The Balaban J connectivity index is 1.29. The van der Waals surface area contributed by atoms with Crippen LogP contribution < -0.4 is 10.5 Å². The van der Waals surface area contributed by atoms with Crippen LogP contribution in [0.1, 0.15) is 34.7 Å². The number of nitrogen functional groups attached to an aromatic ring is 1. The number of rotatable bonds is 4. The summed E-state index contributed by atoms with van der Waals surface area (Å²) in [6.45, 7) is 1.03. The van der Waals surface area contributed by atoms with E-state index >= 15 is 0 Å². The highest BCUT2D eigenvalue weighted by molar-refractivity contribution is 5.94. The number of hydrogen-bond donors (Lipinski definition) is 2. The first-order valence-corrected chi connectivity index (χ1v) is 11.0. The molecule has 35 heavy (non-hydrogen) atoms. The maximum Gasteiger partial charge on any atom is 0.573 e. The van der Waals surface area contributed by atoms with E-state index in [1.165, 1.54) is 12.1 Å². The lowest BCUT2D eigenvalue weighted by Gasteiger charge is -2.32. The Bertz CT molecular complexity index is 1360. The SMILES string of the molecule is Nc1ccncc1-c1nc2c(C3CCN(C(=O)c4ccc(OC(F)(F)F)cc4)CC3)ccnc2[nH]1. The van der Waals surface area contributed by atoms with Gasteiger partial charge in [-0.3, -0.25) is 9.78 Å². The van der Waals surface area contributed by atoms with E-state index < -0.39 is 6.36 Å². The van der Waals surface area contributed by atoms with Gasteiger partial charge in [0.25, 0.3) is 5.91 Å². The second kappa shape index (κ2) is 8.90. The van der Waals surface area contributed by atoms with Crippen LogP contribution >= 0.6 is 0 Å². The van der Waals surface area contributed by atoms with Crippen LogP contribution in [-0.4, -0.2) is 50.2 Å². The van der Waals surface area contributed by atoms with Crippen LogP contribution in [0.4, 0.5) is 18.9 Å². The number of alkyl halides is 3. The lowest BCUT2D eigenvalue weighted by molar-refractivity contribution is -0.274. The highest BCUT2D eigenvalue weighted by Crippen LogP contribution is 2.34. The summed E-state index contributed by atoms with van der Waals surface area (Å²) in [5.41, 5.74) is 10.1. The molecule has 1 aromatic carbocycles. The van der Waals surface area contributed by atoms with Gasteiger partial charge in [0.05, 0.1) is 5.56 Å². The number of hydrogen-bond acceptors (Lipinski definition) is 6. The minimum absolute atomic E-state index is 0.175. The maximum absolute atomic E-state index is 12.9. The molecular weight excluding hydrogens is 461 g/mol. The molecule has 4 heterocycles. The van der Waals surface area contributed by atoms with Crippen LogP contribution in [0.25, 0.3) is 22.6 Å². The third-order valence-corrected chi connectivity index (χ3v) is 6.08. The molecule has 0 radical (unpaired) electrons. The lowest BCUT2D eigenvalue weighted by atomic mass is 9.89. The van der Waals surface area contributed by atoms with Crippen LogP contribution in [0.2, 0.25) is 0 Å². The zero-order valence-corrected chi connectivity index (χ0v) is 18.4. The average Bonchev–Trinajstić information content (AvgIpc) is 3.28. The molecule has 1 amide bonds. The number of pyridine rings is 2. The predicted molar refractivity (Wildman–Crippen MR) is 123 cm³/mol. The second-order valence-corrected chi connectivity index (χ2v) is 8.28. The van der Waals surface area contributed by atoms with E-state index in [0.29, 0.717) is 41.4 Å². The molecule has 11 heteroatoms. The summed E-state index contributed by atoms with van der Waals surface area (Å²) >= 11 is 0. The first-order chi connectivity index (χ1) is 16.8. The van der Waals surface area contributed by atoms with Gasteiger partial charge in [-0.15, -0.1) is 13.2 Å². The molecule has 180 valence electrons. The minimum atomic E-state index is -4.77. The molecule has 3 aromatic heterocycles. The quantitative estimate of drug-likeness (QED) is 0.443. The Morgan fingerprint density at radius 1 is 1.09 bits per heavy atom. The van der Waals surface area contributed by atoms with Crippen molar-refractivity contribution in [1.29, 1.82) is 0 Å². The van der Waals surface area contributed by atoms with Crippen molar-refractivity contribution in [2.75, 3.05) is 18.8 Å². The Hall–Kier alpha value is -4.15. The Labute approximate surface area is 198 Å². The van der Waals surface area contributed by atoms with Gasteiger partial charge in [0.15, 0.2) is 5.65 Å². The number of carbonyl (C=O) groups excluding carboxylic acids is 1. The molecule has 0 aliphatic carbocycles. The first-order valence-electron chi connectivity index (χ1n) is 11.0. The number of likely N-dealkylation sites (tertiary alicyclic amines) is 1. The molecule has 1 fully saturated rings. The van der Waals surface area contributed by atoms with E-state index in [4.69, 9.17) is 10.7 Å².